The summed E-state index contributed by atoms with van der Waals surface area (Å²) in [6.45, 7) is 1.58. The second-order valence-electron chi connectivity index (χ2n) is 10.7. The highest BCUT2D eigenvalue weighted by Gasteiger charge is 2.46. The van der Waals surface area contributed by atoms with Crippen LogP contribution in [0.1, 0.15) is 63.0 Å². The first-order valence-electron chi connectivity index (χ1n) is 14.0. The van der Waals surface area contributed by atoms with Gasteiger partial charge >= 0.3 is 11.9 Å². The van der Waals surface area contributed by atoms with Crippen molar-refractivity contribution < 1.29 is 29.0 Å². The molecule has 1 saturated carbocycles. The lowest BCUT2D eigenvalue weighted by Gasteiger charge is -2.33. The molecule has 1 aliphatic carbocycles. The van der Waals surface area contributed by atoms with Crippen molar-refractivity contribution in [2.75, 3.05) is 18.1 Å². The second-order valence-corrected chi connectivity index (χ2v) is 10.7. The Hall–Kier alpha value is -3.68. The molecular weight excluding hydrogens is 496 g/mol. The molecule has 2 atom stereocenters. The van der Waals surface area contributed by atoms with Crippen LogP contribution in [0, 0.1) is 11.3 Å². The normalized spacial score (nSPS) is 19.1. The van der Waals surface area contributed by atoms with Crippen molar-refractivity contribution in [2.24, 2.45) is 11.3 Å². The van der Waals surface area contributed by atoms with E-state index in [0.29, 0.717) is 50.6 Å². The number of hydrogen-bond acceptors (Lipinski definition) is 5. The predicted molar refractivity (Wildman–Crippen MR) is 147 cm³/mol. The number of carboxylic acid groups (broad SMARTS) is 1. The molecule has 0 aromatic heterocycles. The predicted octanol–water partition coefficient (Wildman–Crippen LogP) is 4.30. The van der Waals surface area contributed by atoms with Gasteiger partial charge in [-0.1, -0.05) is 61.4 Å². The third-order valence-electron chi connectivity index (χ3n) is 8.07. The Morgan fingerprint density at radius 1 is 1.08 bits per heavy atom. The van der Waals surface area contributed by atoms with Crippen LogP contribution in [0.15, 0.2) is 54.6 Å². The fraction of sp³-hybridized carbons (Fsp3) is 0.484. The summed E-state index contributed by atoms with van der Waals surface area (Å²) < 4.78 is 5.41. The molecular formula is C31H38N2O6. The molecule has 2 aromatic rings. The number of benzene rings is 2. The van der Waals surface area contributed by atoms with E-state index in [2.05, 4.69) is 5.32 Å². The molecule has 1 unspecified atom stereocenters. The van der Waals surface area contributed by atoms with E-state index in [1.807, 2.05) is 42.5 Å². The van der Waals surface area contributed by atoms with E-state index in [-0.39, 0.29) is 18.5 Å². The van der Waals surface area contributed by atoms with E-state index in [1.165, 1.54) is 4.90 Å². The van der Waals surface area contributed by atoms with Gasteiger partial charge in [0.25, 0.3) is 0 Å². The van der Waals surface area contributed by atoms with Gasteiger partial charge in [0, 0.05) is 5.69 Å². The number of hydrogen-bond donors (Lipinski definition) is 2. The molecule has 8 heteroatoms. The summed E-state index contributed by atoms with van der Waals surface area (Å²) in [5, 5.41) is 12.5. The fourth-order valence-corrected chi connectivity index (χ4v) is 6.06. The first-order chi connectivity index (χ1) is 18.8. The largest absolute Gasteiger partial charge is 0.480 e. The summed E-state index contributed by atoms with van der Waals surface area (Å²) in [6.07, 6.45) is 5.58. The lowest BCUT2D eigenvalue weighted by atomic mass is 9.75. The first kappa shape index (κ1) is 28.3. The number of nitrogens with zero attached hydrogens (tertiary/aromatic N) is 1. The minimum absolute atomic E-state index is 0.228. The number of ether oxygens (including phenoxy) is 1. The van der Waals surface area contributed by atoms with E-state index < -0.39 is 35.8 Å². The molecule has 0 bridgehead atoms. The van der Waals surface area contributed by atoms with Crippen LogP contribution in [0.25, 0.3) is 0 Å². The summed E-state index contributed by atoms with van der Waals surface area (Å²) in [7, 11) is 0. The SMILES string of the molecule is CCOC(=O)[C@H](CCc1ccccc1)CC1(C(=O)NC2CCc3ccccc3N(CC(=O)O)C2=O)CCCC1. The maximum Gasteiger partial charge on any atom is 0.323 e. The van der Waals surface area contributed by atoms with Crippen LogP contribution >= 0.6 is 0 Å². The molecule has 0 spiro atoms. The van der Waals surface area contributed by atoms with Crippen molar-refractivity contribution in [3.63, 3.8) is 0 Å². The Kier molecular flexibility index (Phi) is 9.38. The number of carbonyl (C=O) groups excluding carboxylic acids is 3. The Balaban J connectivity index is 1.53. The number of aryl methyl sites for hydroxylation is 2. The highest BCUT2D eigenvalue weighted by Crippen LogP contribution is 2.45. The molecule has 4 rings (SSSR count). The van der Waals surface area contributed by atoms with Gasteiger partial charge in [0.05, 0.1) is 17.9 Å². The number of amides is 2. The number of para-hydroxylation sites is 1. The molecule has 2 aliphatic rings. The second kappa shape index (κ2) is 12.9. The Labute approximate surface area is 229 Å². The van der Waals surface area contributed by atoms with E-state index in [9.17, 15) is 24.3 Å². The van der Waals surface area contributed by atoms with Gasteiger partial charge in [0.15, 0.2) is 0 Å². The number of rotatable bonds is 11. The third kappa shape index (κ3) is 6.85. The Morgan fingerprint density at radius 3 is 2.46 bits per heavy atom. The highest BCUT2D eigenvalue weighted by molar-refractivity contribution is 6.03. The molecule has 2 amide bonds. The van der Waals surface area contributed by atoms with Gasteiger partial charge in [-0.3, -0.25) is 24.1 Å². The minimum Gasteiger partial charge on any atom is -0.480 e. The average molecular weight is 535 g/mol. The molecule has 2 N–H and O–H groups in total. The smallest absolute Gasteiger partial charge is 0.323 e. The summed E-state index contributed by atoms with van der Waals surface area (Å²) in [5.74, 6) is -2.50. The van der Waals surface area contributed by atoms with E-state index in [0.717, 1.165) is 24.0 Å². The van der Waals surface area contributed by atoms with Crippen molar-refractivity contribution in [1.82, 2.24) is 5.32 Å². The third-order valence-corrected chi connectivity index (χ3v) is 8.07. The Bertz CT molecular complexity index is 1170. The van der Waals surface area contributed by atoms with Gasteiger partial charge in [-0.15, -0.1) is 0 Å². The maximum atomic E-state index is 13.9. The molecule has 8 nitrogen and oxygen atoms in total. The van der Waals surface area contributed by atoms with E-state index in [4.69, 9.17) is 4.74 Å². The molecule has 39 heavy (non-hydrogen) atoms. The van der Waals surface area contributed by atoms with Crippen LogP contribution in [-0.2, 0) is 36.8 Å². The lowest BCUT2D eigenvalue weighted by Crippen LogP contribution is -2.53. The van der Waals surface area contributed by atoms with Crippen LogP contribution in [0.4, 0.5) is 5.69 Å². The van der Waals surface area contributed by atoms with Crippen molar-refractivity contribution >= 4 is 29.4 Å². The van der Waals surface area contributed by atoms with Crippen LogP contribution in [0.5, 0.6) is 0 Å². The summed E-state index contributed by atoms with van der Waals surface area (Å²) in [6, 6.07) is 16.4. The molecule has 1 aliphatic heterocycles. The van der Waals surface area contributed by atoms with Crippen molar-refractivity contribution in [1.29, 1.82) is 0 Å². The summed E-state index contributed by atoms with van der Waals surface area (Å²) >= 11 is 0. The number of aliphatic carboxylic acids is 1. The van der Waals surface area contributed by atoms with Crippen LogP contribution in [0.3, 0.4) is 0 Å². The van der Waals surface area contributed by atoms with Crippen molar-refractivity contribution in [3.8, 4) is 0 Å². The minimum atomic E-state index is -1.12. The number of carbonyl (C=O) groups is 4. The maximum absolute atomic E-state index is 13.9. The quantitative estimate of drug-likeness (QED) is 0.416. The molecule has 1 heterocycles. The lowest BCUT2D eigenvalue weighted by molar-refractivity contribution is -0.150. The zero-order valence-corrected chi connectivity index (χ0v) is 22.6. The summed E-state index contributed by atoms with van der Waals surface area (Å²) in [5.41, 5.74) is 1.80. The van der Waals surface area contributed by atoms with Gasteiger partial charge in [0.1, 0.15) is 12.6 Å². The molecule has 2 aromatic carbocycles. The van der Waals surface area contributed by atoms with E-state index >= 15 is 0 Å². The fourth-order valence-electron chi connectivity index (χ4n) is 6.06. The standard InChI is InChI=1S/C31H38N2O6/c1-2-39-29(37)24(15-14-22-10-4-3-5-11-22)20-31(18-8-9-19-31)30(38)32-25-17-16-23-12-6-7-13-26(23)33(28(25)36)21-27(34)35/h3-7,10-13,24-25H,2,8-9,14-21H2,1H3,(H,32,38)(H,34,35)/t24-,25?/m1/s1. The van der Waals surface area contributed by atoms with Crippen LogP contribution in [0.2, 0.25) is 0 Å². The van der Waals surface area contributed by atoms with E-state index in [1.54, 1.807) is 19.1 Å². The van der Waals surface area contributed by atoms with Crippen LogP contribution in [-0.4, -0.2) is 48.1 Å². The summed E-state index contributed by atoms with van der Waals surface area (Å²) in [4.78, 5) is 53.4. The van der Waals surface area contributed by atoms with Gasteiger partial charge in [-0.05, 0) is 69.1 Å². The zero-order valence-electron chi connectivity index (χ0n) is 22.6. The highest BCUT2D eigenvalue weighted by atomic mass is 16.5. The number of fused-ring (bicyclic) bond motifs is 1. The van der Waals surface area contributed by atoms with Gasteiger partial charge in [0.2, 0.25) is 11.8 Å². The topological polar surface area (TPSA) is 113 Å². The molecule has 1 fully saturated rings. The number of nitrogens with one attached hydrogen (secondary N) is 1. The molecule has 208 valence electrons. The molecule has 0 saturated heterocycles. The molecule has 0 radical (unpaired) electrons. The Morgan fingerprint density at radius 2 is 1.77 bits per heavy atom. The number of anilines is 1. The van der Waals surface area contributed by atoms with Crippen molar-refractivity contribution in [2.45, 2.75) is 70.8 Å². The zero-order chi connectivity index (χ0) is 27.8. The average Bonchev–Trinajstić information content (AvgIpc) is 3.38. The first-order valence-corrected chi connectivity index (χ1v) is 14.0. The number of carboxylic acids is 1. The van der Waals surface area contributed by atoms with Gasteiger partial charge < -0.3 is 15.2 Å². The van der Waals surface area contributed by atoms with Crippen LogP contribution < -0.4 is 10.2 Å². The van der Waals surface area contributed by atoms with Gasteiger partial charge in [-0.25, -0.2) is 0 Å². The van der Waals surface area contributed by atoms with Crippen molar-refractivity contribution in [3.05, 3.63) is 65.7 Å². The van der Waals surface area contributed by atoms with Gasteiger partial charge in [-0.2, -0.15) is 0 Å². The monoisotopic (exact) mass is 534 g/mol. The number of esters is 1.